The van der Waals surface area contributed by atoms with E-state index in [1.807, 2.05) is 82.4 Å². The zero-order valence-electron chi connectivity index (χ0n) is 33.0. The first-order valence-corrected chi connectivity index (χ1v) is 19.0. The van der Waals surface area contributed by atoms with Crippen LogP contribution in [0.4, 0.5) is 14.5 Å². The van der Waals surface area contributed by atoms with Gasteiger partial charge in [0.2, 0.25) is 17.7 Å². The van der Waals surface area contributed by atoms with E-state index in [2.05, 4.69) is 36.2 Å². The van der Waals surface area contributed by atoms with Crippen LogP contribution in [0.3, 0.4) is 0 Å². The molecule has 1 aliphatic heterocycles. The Labute approximate surface area is 334 Å². The number of carbonyl (C=O) groups is 3. The van der Waals surface area contributed by atoms with Crippen LogP contribution in [0.2, 0.25) is 0 Å². The maximum absolute atomic E-state index is 15.2. The molecule has 0 aliphatic carbocycles. The summed E-state index contributed by atoms with van der Waals surface area (Å²) in [6.07, 6.45) is 3.65. The summed E-state index contributed by atoms with van der Waals surface area (Å²) in [5.41, 5.74) is 7.88. The molecule has 1 saturated heterocycles. The van der Waals surface area contributed by atoms with Crippen LogP contribution in [0.1, 0.15) is 72.4 Å². The van der Waals surface area contributed by atoms with Crippen LogP contribution in [-0.2, 0) is 34.5 Å². The molecule has 3 aromatic carbocycles. The maximum Gasteiger partial charge on any atom is 0.292 e. The highest BCUT2D eigenvalue weighted by atomic mass is 19.3. The van der Waals surface area contributed by atoms with Gasteiger partial charge < -0.3 is 15.2 Å². The molecular weight excluding hydrogens is 745 g/mol. The van der Waals surface area contributed by atoms with Crippen LogP contribution in [0.15, 0.2) is 89.8 Å². The topological polar surface area (TPSA) is 160 Å². The predicted molar refractivity (Wildman–Crippen MR) is 214 cm³/mol. The minimum atomic E-state index is -2.97. The van der Waals surface area contributed by atoms with Gasteiger partial charge in [-0.25, -0.2) is 18.3 Å². The Hall–Kier alpha value is -6.35. The highest BCUT2D eigenvalue weighted by molar-refractivity contribution is 6.01. The third-order valence-corrected chi connectivity index (χ3v) is 9.97. The highest BCUT2D eigenvalue weighted by Gasteiger charge is 2.31. The largest absolute Gasteiger partial charge is 0.374 e. The second kappa shape index (κ2) is 16.3. The van der Waals surface area contributed by atoms with Gasteiger partial charge in [0.05, 0.1) is 17.8 Å². The number of carbonyl (C=O) groups excluding carboxylic acids is 3. The molecular formula is C43H45F2N9O4. The first-order valence-electron chi connectivity index (χ1n) is 19.0. The molecule has 15 heteroatoms. The second-order valence-electron chi connectivity index (χ2n) is 15.9. The summed E-state index contributed by atoms with van der Waals surface area (Å²) in [5, 5.41) is 16.5. The number of hydrogen-bond acceptors (Lipinski definition) is 10. The summed E-state index contributed by atoms with van der Waals surface area (Å²) in [6.45, 7) is 7.98. The third kappa shape index (κ3) is 9.43. The number of aromatic nitrogens is 5. The molecule has 0 bridgehead atoms. The molecule has 4 heterocycles. The SMILES string of the molecule is Cc1cc(-c2ncnn3cc(-c4ccc(CN(C)CC(F)(F)Cc5ccc(NC6CCC(=O)NC6=O)cc5)cc4)cc23)ccc1CNC(=O)c1noc(C(C)(C)C)n1. The van der Waals surface area contributed by atoms with E-state index in [1.54, 1.807) is 40.7 Å². The lowest BCUT2D eigenvalue weighted by molar-refractivity contribution is -0.133. The van der Waals surface area contributed by atoms with Gasteiger partial charge in [-0.1, -0.05) is 74.5 Å². The lowest BCUT2D eigenvalue weighted by Gasteiger charge is -2.25. The van der Waals surface area contributed by atoms with Gasteiger partial charge in [-0.3, -0.25) is 24.6 Å². The minimum absolute atomic E-state index is 0.00552. The summed E-state index contributed by atoms with van der Waals surface area (Å²) in [7, 11) is 1.68. The fraction of sp³-hybridized carbons (Fsp3) is 0.326. The number of amides is 3. The number of nitrogens with one attached hydrogen (secondary N) is 3. The van der Waals surface area contributed by atoms with Crippen molar-refractivity contribution in [1.82, 2.24) is 40.3 Å². The van der Waals surface area contributed by atoms with Gasteiger partial charge in [0.15, 0.2) is 0 Å². The van der Waals surface area contributed by atoms with Gasteiger partial charge in [-0.15, -0.1) is 0 Å². The molecule has 300 valence electrons. The van der Waals surface area contributed by atoms with Gasteiger partial charge in [-0.05, 0) is 72.5 Å². The number of anilines is 1. The molecule has 3 N–H and O–H groups in total. The molecule has 7 rings (SSSR count). The Bertz CT molecular complexity index is 2450. The predicted octanol–water partition coefficient (Wildman–Crippen LogP) is 6.51. The Morgan fingerprint density at radius 3 is 2.40 bits per heavy atom. The number of alkyl halides is 2. The van der Waals surface area contributed by atoms with Crippen LogP contribution < -0.4 is 16.0 Å². The molecule has 0 radical (unpaired) electrons. The van der Waals surface area contributed by atoms with E-state index in [0.717, 1.165) is 44.6 Å². The summed E-state index contributed by atoms with van der Waals surface area (Å²) in [5.74, 6) is -3.68. The Morgan fingerprint density at radius 1 is 0.983 bits per heavy atom. The normalized spacial score (nSPS) is 14.9. The number of benzene rings is 3. The zero-order valence-corrected chi connectivity index (χ0v) is 33.0. The van der Waals surface area contributed by atoms with E-state index in [9.17, 15) is 14.4 Å². The van der Waals surface area contributed by atoms with Crippen molar-refractivity contribution in [2.45, 2.75) is 77.4 Å². The number of aryl methyl sites for hydroxylation is 1. The number of piperidine rings is 1. The molecule has 0 saturated carbocycles. The standard InChI is InChI=1S/C43H45F2N9O4/c1-26-18-30(12-13-31(26)21-46-40(57)38-51-41(58-52-38)42(2,3)4)37-35-19-32(23-54(35)48-25-47-37)29-10-6-28(7-11-29)22-53(5)24-43(44,45)20-27-8-14-33(15-9-27)49-34-16-17-36(55)50-39(34)56/h6-15,18-19,23,25,34,49H,16-17,20-22,24H2,1-5H3,(H,46,57)(H,50,55,56). The number of halogens is 2. The van der Waals surface area contributed by atoms with Crippen molar-refractivity contribution in [3.63, 3.8) is 0 Å². The van der Waals surface area contributed by atoms with Crippen molar-refractivity contribution in [3.8, 4) is 22.4 Å². The van der Waals surface area contributed by atoms with E-state index >= 15 is 8.78 Å². The molecule has 1 unspecified atom stereocenters. The molecule has 3 aromatic heterocycles. The average molecular weight is 790 g/mol. The maximum atomic E-state index is 15.2. The first kappa shape index (κ1) is 39.9. The summed E-state index contributed by atoms with van der Waals surface area (Å²) >= 11 is 0. The van der Waals surface area contributed by atoms with E-state index in [4.69, 9.17) is 4.52 Å². The van der Waals surface area contributed by atoms with Crippen LogP contribution >= 0.6 is 0 Å². The quantitative estimate of drug-likeness (QED) is 0.110. The lowest BCUT2D eigenvalue weighted by Crippen LogP contribution is -2.47. The number of imide groups is 1. The van der Waals surface area contributed by atoms with E-state index in [0.29, 0.717) is 30.1 Å². The molecule has 1 atom stereocenters. The van der Waals surface area contributed by atoms with Crippen LogP contribution in [-0.4, -0.2) is 72.9 Å². The smallest absolute Gasteiger partial charge is 0.292 e. The second-order valence-corrected chi connectivity index (χ2v) is 15.9. The third-order valence-electron chi connectivity index (χ3n) is 9.97. The molecule has 6 aromatic rings. The van der Waals surface area contributed by atoms with Gasteiger partial charge >= 0.3 is 0 Å². The van der Waals surface area contributed by atoms with Crippen molar-refractivity contribution in [3.05, 3.63) is 119 Å². The fourth-order valence-corrected chi connectivity index (χ4v) is 6.90. The monoisotopic (exact) mass is 789 g/mol. The van der Waals surface area contributed by atoms with Gasteiger partial charge in [0.25, 0.3) is 17.7 Å². The molecule has 58 heavy (non-hydrogen) atoms. The van der Waals surface area contributed by atoms with Crippen LogP contribution in [0.25, 0.3) is 27.9 Å². The molecule has 13 nitrogen and oxygen atoms in total. The lowest BCUT2D eigenvalue weighted by atomic mass is 9.97. The van der Waals surface area contributed by atoms with E-state index in [-0.39, 0.29) is 36.0 Å². The van der Waals surface area contributed by atoms with Crippen molar-refractivity contribution in [1.29, 1.82) is 0 Å². The molecule has 0 spiro atoms. The minimum Gasteiger partial charge on any atom is -0.374 e. The van der Waals surface area contributed by atoms with Crippen molar-refractivity contribution < 1.29 is 27.7 Å². The van der Waals surface area contributed by atoms with E-state index in [1.165, 1.54) is 6.33 Å². The number of nitrogens with zero attached hydrogens (tertiary/aromatic N) is 6. The highest BCUT2D eigenvalue weighted by Crippen LogP contribution is 2.30. The van der Waals surface area contributed by atoms with Crippen LogP contribution in [0, 0.1) is 6.92 Å². The Balaban J connectivity index is 0.945. The van der Waals surface area contributed by atoms with Gasteiger partial charge in [0.1, 0.15) is 12.4 Å². The van der Waals surface area contributed by atoms with Crippen molar-refractivity contribution in [2.24, 2.45) is 0 Å². The zero-order chi connectivity index (χ0) is 41.2. The van der Waals surface area contributed by atoms with Gasteiger partial charge in [0, 0.05) is 54.4 Å². The van der Waals surface area contributed by atoms with E-state index < -0.39 is 30.8 Å². The average Bonchev–Trinajstić information content (AvgIpc) is 3.85. The molecule has 3 amide bonds. The van der Waals surface area contributed by atoms with Crippen LogP contribution in [0.5, 0.6) is 0 Å². The summed E-state index contributed by atoms with van der Waals surface area (Å²) < 4.78 is 37.4. The molecule has 1 aliphatic rings. The molecule has 1 fully saturated rings. The summed E-state index contributed by atoms with van der Waals surface area (Å²) in [6, 6.07) is 21.9. The fourth-order valence-electron chi connectivity index (χ4n) is 6.90. The number of fused-ring (bicyclic) bond motifs is 1. The van der Waals surface area contributed by atoms with Crippen molar-refractivity contribution >= 4 is 28.9 Å². The number of rotatable bonds is 13. The summed E-state index contributed by atoms with van der Waals surface area (Å²) in [4.78, 5) is 46.6. The Morgan fingerprint density at radius 2 is 1.71 bits per heavy atom. The number of hydrogen-bond donors (Lipinski definition) is 3. The van der Waals surface area contributed by atoms with Gasteiger partial charge in [-0.2, -0.15) is 10.1 Å². The first-order chi connectivity index (χ1) is 27.6. The Kier molecular flexibility index (Phi) is 11.2. The van der Waals surface area contributed by atoms with Crippen molar-refractivity contribution in [2.75, 3.05) is 18.9 Å².